The van der Waals surface area contributed by atoms with E-state index in [9.17, 15) is 18.0 Å². The van der Waals surface area contributed by atoms with Gasteiger partial charge >= 0.3 is 12.3 Å². The Kier molecular flexibility index (Phi) is 7.47. The fourth-order valence-corrected chi connectivity index (χ4v) is 5.40. The van der Waals surface area contributed by atoms with Crippen LogP contribution in [0.2, 0.25) is 0 Å². The van der Waals surface area contributed by atoms with E-state index in [1.165, 1.54) is 19.2 Å². The number of carbonyl (C=O) groups is 1. The van der Waals surface area contributed by atoms with Crippen molar-refractivity contribution in [1.82, 2.24) is 20.7 Å². The molecule has 1 aromatic rings. The summed E-state index contributed by atoms with van der Waals surface area (Å²) in [7, 11) is 3.02. The summed E-state index contributed by atoms with van der Waals surface area (Å²) in [5.41, 5.74) is 3.22. The second kappa shape index (κ2) is 10.2. The van der Waals surface area contributed by atoms with Crippen LogP contribution in [0.3, 0.4) is 0 Å². The molecule has 0 saturated carbocycles. The fraction of sp³-hybridized carbons (Fsp3) is 0.654. The summed E-state index contributed by atoms with van der Waals surface area (Å²) in [5, 5.41) is 4.53. The first kappa shape index (κ1) is 27.2. The van der Waals surface area contributed by atoms with E-state index in [2.05, 4.69) is 10.7 Å². The molecule has 206 valence electrons. The fourth-order valence-electron chi connectivity index (χ4n) is 5.40. The van der Waals surface area contributed by atoms with Crippen LogP contribution in [-0.2, 0) is 4.74 Å². The Balaban J connectivity index is 1.51. The zero-order valence-electron chi connectivity index (χ0n) is 22.2. The van der Waals surface area contributed by atoms with Gasteiger partial charge in [0.25, 0.3) is 0 Å². The number of benzene rings is 1. The molecule has 0 aromatic heterocycles. The predicted octanol–water partition coefficient (Wildman–Crippen LogP) is 4.73. The number of methoxy groups -OCH3 is 2. The van der Waals surface area contributed by atoms with E-state index in [1.54, 1.807) is 23.1 Å². The molecule has 1 amide bonds. The van der Waals surface area contributed by atoms with Crippen molar-refractivity contribution >= 4 is 6.09 Å². The third-order valence-electron chi connectivity index (χ3n) is 7.22. The lowest BCUT2D eigenvalue weighted by atomic mass is 9.86. The second-order valence-corrected chi connectivity index (χ2v) is 11.0. The minimum Gasteiger partial charge on any atom is -0.493 e. The standard InChI is InChI=1S/C26H37F3N4O4/c1-15-11-17(9-10-32(15)24(34)37-25(2,3)4)19-14-23-30-18(13-22(26(27,28)29)33(23)31-19)16-7-8-20(35-5)21(12-16)36-6/h7-8,12,14-15,17-19,22,30-31H,9-11,13H2,1-6H3. The highest BCUT2D eigenvalue weighted by Crippen LogP contribution is 2.41. The number of rotatable bonds is 4. The number of amides is 1. The Morgan fingerprint density at radius 1 is 1.08 bits per heavy atom. The van der Waals surface area contributed by atoms with Gasteiger partial charge in [-0.1, -0.05) is 6.07 Å². The number of fused-ring (bicyclic) bond motifs is 1. The van der Waals surface area contributed by atoms with Crippen LogP contribution in [0.4, 0.5) is 18.0 Å². The van der Waals surface area contributed by atoms with Crippen LogP contribution < -0.4 is 20.2 Å². The summed E-state index contributed by atoms with van der Waals surface area (Å²) in [6, 6.07) is 2.57. The second-order valence-electron chi connectivity index (χ2n) is 11.0. The lowest BCUT2D eigenvalue weighted by molar-refractivity contribution is -0.195. The molecule has 0 bridgehead atoms. The Hall–Kier alpha value is -2.82. The molecule has 11 heteroatoms. The summed E-state index contributed by atoms with van der Waals surface area (Å²) >= 11 is 0. The van der Waals surface area contributed by atoms with Gasteiger partial charge in [0.05, 0.1) is 26.3 Å². The number of hydrogen-bond acceptors (Lipinski definition) is 7. The largest absolute Gasteiger partial charge is 0.493 e. The predicted molar refractivity (Wildman–Crippen MR) is 132 cm³/mol. The van der Waals surface area contributed by atoms with E-state index in [-0.39, 0.29) is 30.5 Å². The van der Waals surface area contributed by atoms with Crippen molar-refractivity contribution in [2.75, 3.05) is 20.8 Å². The molecule has 1 aromatic carbocycles. The van der Waals surface area contributed by atoms with E-state index < -0.39 is 23.9 Å². The topological polar surface area (TPSA) is 75.3 Å². The molecule has 5 atom stereocenters. The first-order valence-corrected chi connectivity index (χ1v) is 12.6. The number of ether oxygens (including phenoxy) is 3. The monoisotopic (exact) mass is 526 g/mol. The van der Waals surface area contributed by atoms with Crippen molar-refractivity contribution in [2.24, 2.45) is 5.92 Å². The maximum atomic E-state index is 14.2. The lowest BCUT2D eigenvalue weighted by Gasteiger charge is -2.43. The van der Waals surface area contributed by atoms with Crippen molar-refractivity contribution in [3.8, 4) is 11.5 Å². The van der Waals surface area contributed by atoms with E-state index in [0.29, 0.717) is 42.3 Å². The van der Waals surface area contributed by atoms with Crippen LogP contribution in [0, 0.1) is 5.92 Å². The van der Waals surface area contributed by atoms with Gasteiger partial charge in [0.1, 0.15) is 17.5 Å². The van der Waals surface area contributed by atoms with Gasteiger partial charge in [-0.3, -0.25) is 5.01 Å². The van der Waals surface area contributed by atoms with Gasteiger partial charge in [0.15, 0.2) is 11.5 Å². The smallest absolute Gasteiger partial charge is 0.410 e. The number of likely N-dealkylation sites (tertiary alicyclic amines) is 1. The normalized spacial score (nSPS) is 28.2. The summed E-state index contributed by atoms with van der Waals surface area (Å²) in [6.07, 6.45) is -1.77. The van der Waals surface area contributed by atoms with Gasteiger partial charge in [-0.05, 0) is 70.2 Å². The molecule has 3 aliphatic rings. The van der Waals surface area contributed by atoms with Gasteiger partial charge in [-0.2, -0.15) is 13.2 Å². The molecule has 8 nitrogen and oxygen atoms in total. The van der Waals surface area contributed by atoms with Gasteiger partial charge in [0.2, 0.25) is 0 Å². The minimum absolute atomic E-state index is 0.0713. The maximum absolute atomic E-state index is 14.2. The number of hydrogen-bond donors (Lipinski definition) is 2. The average molecular weight is 527 g/mol. The molecule has 2 N–H and O–H groups in total. The van der Waals surface area contributed by atoms with Crippen LogP contribution in [-0.4, -0.2) is 66.7 Å². The van der Waals surface area contributed by atoms with E-state index >= 15 is 0 Å². The molecular formula is C26H37F3N4O4. The zero-order chi connectivity index (χ0) is 27.1. The summed E-state index contributed by atoms with van der Waals surface area (Å²) < 4.78 is 58.8. The van der Waals surface area contributed by atoms with E-state index in [4.69, 9.17) is 14.2 Å². The molecule has 5 unspecified atom stereocenters. The van der Waals surface area contributed by atoms with E-state index in [1.807, 2.05) is 33.8 Å². The number of halogens is 3. The van der Waals surface area contributed by atoms with Gasteiger partial charge in [0, 0.05) is 19.0 Å². The van der Waals surface area contributed by atoms with Gasteiger partial charge in [-0.15, -0.1) is 0 Å². The van der Waals surface area contributed by atoms with Crippen molar-refractivity contribution in [2.45, 2.75) is 82.9 Å². The first-order chi connectivity index (χ1) is 17.3. The SMILES string of the molecule is COc1ccc(C2CC(C(F)(F)F)N3NC(C4CCN(C(=O)OC(C)(C)C)C(C)C4)C=C3N2)cc1OC. The number of carbonyl (C=O) groups excluding carboxylic acids is 1. The van der Waals surface area contributed by atoms with Crippen molar-refractivity contribution < 1.29 is 32.2 Å². The number of alkyl halides is 3. The van der Waals surface area contributed by atoms with Crippen LogP contribution in [0.25, 0.3) is 0 Å². The molecule has 2 saturated heterocycles. The molecule has 3 aliphatic heterocycles. The van der Waals surface area contributed by atoms with Crippen molar-refractivity contribution in [1.29, 1.82) is 0 Å². The molecule has 2 fully saturated rings. The molecule has 0 spiro atoms. The Morgan fingerprint density at radius 3 is 2.38 bits per heavy atom. The van der Waals surface area contributed by atoms with E-state index in [0.717, 1.165) is 0 Å². The number of piperidine rings is 1. The van der Waals surface area contributed by atoms with Crippen LogP contribution in [0.15, 0.2) is 30.1 Å². The zero-order valence-corrected chi connectivity index (χ0v) is 22.2. The van der Waals surface area contributed by atoms with Crippen LogP contribution in [0.1, 0.15) is 58.6 Å². The Labute approximate surface area is 216 Å². The third-order valence-corrected chi connectivity index (χ3v) is 7.22. The average Bonchev–Trinajstić information content (AvgIpc) is 3.25. The Bertz CT molecular complexity index is 1030. The highest BCUT2D eigenvalue weighted by atomic mass is 19.4. The maximum Gasteiger partial charge on any atom is 0.410 e. The molecule has 0 aliphatic carbocycles. The molecule has 0 radical (unpaired) electrons. The summed E-state index contributed by atoms with van der Waals surface area (Å²) in [4.78, 5) is 14.3. The van der Waals surface area contributed by atoms with Crippen LogP contribution in [0.5, 0.6) is 11.5 Å². The first-order valence-electron chi connectivity index (χ1n) is 12.6. The quantitative estimate of drug-likeness (QED) is 0.587. The lowest BCUT2D eigenvalue weighted by Crippen LogP contribution is -2.58. The van der Waals surface area contributed by atoms with Crippen LogP contribution >= 0.6 is 0 Å². The highest BCUT2D eigenvalue weighted by Gasteiger charge is 2.51. The van der Waals surface area contributed by atoms with Crippen molar-refractivity contribution in [3.05, 3.63) is 35.7 Å². The van der Waals surface area contributed by atoms with Gasteiger partial charge in [-0.25, -0.2) is 10.2 Å². The number of hydrazine groups is 1. The molecule has 3 heterocycles. The molecular weight excluding hydrogens is 489 g/mol. The van der Waals surface area contributed by atoms with Crippen molar-refractivity contribution in [3.63, 3.8) is 0 Å². The summed E-state index contributed by atoms with van der Waals surface area (Å²) in [6.45, 7) is 7.92. The number of nitrogens with one attached hydrogen (secondary N) is 2. The highest BCUT2D eigenvalue weighted by molar-refractivity contribution is 5.68. The molecule has 4 rings (SSSR count). The third kappa shape index (κ3) is 5.86. The Morgan fingerprint density at radius 2 is 1.78 bits per heavy atom. The van der Waals surface area contributed by atoms with Gasteiger partial charge < -0.3 is 24.4 Å². The molecule has 37 heavy (non-hydrogen) atoms. The minimum atomic E-state index is -4.43. The summed E-state index contributed by atoms with van der Waals surface area (Å²) in [5.74, 6) is 1.47. The number of nitrogens with zero attached hydrogens (tertiary/aromatic N) is 2.